The Kier molecular flexibility index (Phi) is 3.85. The molecule has 3 aromatic rings. The van der Waals surface area contributed by atoms with Crippen molar-refractivity contribution in [2.75, 3.05) is 0 Å². The van der Waals surface area contributed by atoms with Gasteiger partial charge in [-0.05, 0) is 50.5 Å². The van der Waals surface area contributed by atoms with Crippen molar-refractivity contribution in [1.82, 2.24) is 24.8 Å². The molecule has 138 valence electrons. The first kappa shape index (κ1) is 16.3. The van der Waals surface area contributed by atoms with Gasteiger partial charge in [-0.2, -0.15) is 5.26 Å². The third-order valence-corrected chi connectivity index (χ3v) is 5.91. The largest absolute Gasteiger partial charge is 0.347 e. The van der Waals surface area contributed by atoms with Crippen LogP contribution in [0, 0.1) is 17.2 Å². The molecule has 0 saturated heterocycles. The second-order valence-electron chi connectivity index (χ2n) is 7.82. The monoisotopic (exact) mass is 362 g/mol. The number of fused-ring (bicyclic) bond motifs is 3. The molecular weight excluding hydrogens is 340 g/mol. The van der Waals surface area contributed by atoms with Crippen LogP contribution in [0.2, 0.25) is 0 Å². The minimum Gasteiger partial charge on any atom is -0.347 e. The number of nitriles is 1. The van der Waals surface area contributed by atoms with E-state index in [1.54, 1.807) is 6.20 Å². The minimum absolute atomic E-state index is 0.0865. The lowest BCUT2D eigenvalue weighted by atomic mass is 9.84. The molecule has 0 unspecified atom stereocenters. The van der Waals surface area contributed by atoms with Gasteiger partial charge in [0.1, 0.15) is 11.2 Å². The molecule has 7 nitrogen and oxygen atoms in total. The van der Waals surface area contributed by atoms with Gasteiger partial charge in [0.2, 0.25) is 0 Å². The first-order chi connectivity index (χ1) is 13.2. The van der Waals surface area contributed by atoms with Crippen molar-refractivity contribution in [1.29, 1.82) is 5.26 Å². The fourth-order valence-corrected chi connectivity index (χ4v) is 4.32. The topological polar surface area (TPSA) is 99.4 Å². The summed E-state index contributed by atoms with van der Waals surface area (Å²) < 4.78 is 2.15. The molecule has 0 radical (unpaired) electrons. The third kappa shape index (κ3) is 2.85. The van der Waals surface area contributed by atoms with Crippen LogP contribution in [0.3, 0.4) is 0 Å². The molecule has 5 rings (SSSR count). The van der Waals surface area contributed by atoms with Crippen LogP contribution < -0.4 is 5.32 Å². The van der Waals surface area contributed by atoms with Gasteiger partial charge in [-0.1, -0.05) is 0 Å². The Labute approximate surface area is 156 Å². The van der Waals surface area contributed by atoms with Gasteiger partial charge in [0, 0.05) is 30.1 Å². The molecule has 2 aliphatic rings. The van der Waals surface area contributed by atoms with Gasteiger partial charge in [-0.15, -0.1) is 0 Å². The molecule has 3 heterocycles. The predicted octanol–water partition coefficient (Wildman–Crippen LogP) is 3.45. The van der Waals surface area contributed by atoms with E-state index in [4.69, 9.17) is 5.26 Å². The van der Waals surface area contributed by atoms with E-state index in [-0.39, 0.29) is 11.9 Å². The number of pyridine rings is 1. The lowest BCUT2D eigenvalue weighted by Crippen LogP contribution is -2.30. The highest BCUT2D eigenvalue weighted by molar-refractivity contribution is 6.04. The molecule has 2 fully saturated rings. The molecule has 0 spiro atoms. The van der Waals surface area contributed by atoms with Gasteiger partial charge in [-0.3, -0.25) is 4.79 Å². The maximum atomic E-state index is 12.9. The van der Waals surface area contributed by atoms with Crippen LogP contribution in [0.15, 0.2) is 18.5 Å². The number of nitrogens with zero attached hydrogens (tertiary/aromatic N) is 4. The molecule has 0 aliphatic heterocycles. The molecule has 2 aliphatic carbocycles. The fourth-order valence-electron chi connectivity index (χ4n) is 4.32. The zero-order valence-corrected chi connectivity index (χ0v) is 15.1. The number of amides is 1. The number of imidazole rings is 1. The number of hydrogen-bond acceptors (Lipinski definition) is 4. The quantitative estimate of drug-likeness (QED) is 0.742. The molecule has 0 bridgehead atoms. The number of H-pyrrole nitrogens is 1. The highest BCUT2D eigenvalue weighted by atomic mass is 16.2. The number of aromatic amines is 1. The van der Waals surface area contributed by atoms with E-state index < -0.39 is 0 Å². The average molecular weight is 362 g/mol. The zero-order chi connectivity index (χ0) is 18.4. The summed E-state index contributed by atoms with van der Waals surface area (Å²) in [6.07, 6.45) is 10.3. The van der Waals surface area contributed by atoms with Crippen LogP contribution in [0.1, 0.15) is 61.6 Å². The van der Waals surface area contributed by atoms with Gasteiger partial charge in [0.25, 0.3) is 5.91 Å². The van der Waals surface area contributed by atoms with Crippen molar-refractivity contribution >= 4 is 28.0 Å². The number of hydrogen-bond donors (Lipinski definition) is 2. The first-order valence-corrected chi connectivity index (χ1v) is 9.76. The van der Waals surface area contributed by atoms with Crippen molar-refractivity contribution in [3.05, 3.63) is 24.3 Å². The fraction of sp³-hybridized carbons (Fsp3) is 0.500. The highest BCUT2D eigenvalue weighted by Crippen LogP contribution is 2.38. The van der Waals surface area contributed by atoms with Gasteiger partial charge >= 0.3 is 0 Å². The van der Waals surface area contributed by atoms with Gasteiger partial charge in [0.05, 0.1) is 17.8 Å². The van der Waals surface area contributed by atoms with Crippen molar-refractivity contribution < 1.29 is 4.79 Å². The Hall–Kier alpha value is -2.88. The van der Waals surface area contributed by atoms with Crippen LogP contribution in [0.25, 0.3) is 22.1 Å². The third-order valence-electron chi connectivity index (χ3n) is 5.91. The summed E-state index contributed by atoms with van der Waals surface area (Å²) in [5.41, 5.74) is 2.57. The van der Waals surface area contributed by atoms with Gasteiger partial charge in [0.15, 0.2) is 5.82 Å². The number of aromatic nitrogens is 4. The first-order valence-electron chi connectivity index (χ1n) is 9.76. The normalized spacial score (nSPS) is 22.8. The maximum Gasteiger partial charge on any atom is 0.287 e. The van der Waals surface area contributed by atoms with Crippen LogP contribution >= 0.6 is 0 Å². The van der Waals surface area contributed by atoms with E-state index in [1.165, 1.54) is 0 Å². The van der Waals surface area contributed by atoms with Crippen molar-refractivity contribution in [2.45, 2.75) is 57.0 Å². The Balaban J connectivity index is 1.60. The zero-order valence-electron chi connectivity index (χ0n) is 15.1. The van der Waals surface area contributed by atoms with Crippen molar-refractivity contribution in [2.24, 2.45) is 5.92 Å². The standard InChI is InChI=1S/C20H22N6O/c21-9-7-12-1-5-14(6-2-12)26-17-15-8-10-22-18(15)23-11-16(17)25-19(26)20(27)24-13-3-4-13/h8,10-14H,1-7H2,(H,22,23)(H,24,27)/t12-,14-. The molecule has 2 saturated carbocycles. The van der Waals surface area contributed by atoms with E-state index in [9.17, 15) is 4.79 Å². The Morgan fingerprint density at radius 2 is 2.11 bits per heavy atom. The van der Waals surface area contributed by atoms with E-state index in [1.807, 2.05) is 12.3 Å². The van der Waals surface area contributed by atoms with E-state index in [0.717, 1.165) is 60.6 Å². The summed E-state index contributed by atoms with van der Waals surface area (Å²) in [5, 5.41) is 13.1. The molecule has 27 heavy (non-hydrogen) atoms. The molecule has 0 atom stereocenters. The predicted molar refractivity (Wildman–Crippen MR) is 101 cm³/mol. The van der Waals surface area contributed by atoms with Crippen LogP contribution in [-0.2, 0) is 0 Å². The summed E-state index contributed by atoms with van der Waals surface area (Å²) >= 11 is 0. The molecule has 2 N–H and O–H groups in total. The lowest BCUT2D eigenvalue weighted by Gasteiger charge is -2.29. The van der Waals surface area contributed by atoms with E-state index in [2.05, 4.69) is 30.9 Å². The van der Waals surface area contributed by atoms with Crippen LogP contribution in [-0.4, -0.2) is 31.5 Å². The number of carbonyl (C=O) groups excluding carboxylic acids is 1. The number of nitrogens with one attached hydrogen (secondary N) is 2. The molecule has 7 heteroatoms. The SMILES string of the molecule is N#CC[C@H]1CC[C@H](n2c(C(=O)NC3CC3)nc3cnc4[nH]ccc4c32)CC1. The molecule has 3 aromatic heterocycles. The molecular formula is C20H22N6O. The Bertz CT molecular complexity index is 1050. The van der Waals surface area contributed by atoms with Gasteiger partial charge in [-0.25, -0.2) is 9.97 Å². The molecule has 1 amide bonds. The summed E-state index contributed by atoms with van der Waals surface area (Å²) in [6.45, 7) is 0. The second-order valence-corrected chi connectivity index (χ2v) is 7.82. The van der Waals surface area contributed by atoms with E-state index >= 15 is 0 Å². The maximum absolute atomic E-state index is 12.9. The van der Waals surface area contributed by atoms with Crippen LogP contribution in [0.4, 0.5) is 0 Å². The summed E-state index contributed by atoms with van der Waals surface area (Å²) in [7, 11) is 0. The Morgan fingerprint density at radius 3 is 2.85 bits per heavy atom. The van der Waals surface area contributed by atoms with Crippen molar-refractivity contribution in [3.63, 3.8) is 0 Å². The lowest BCUT2D eigenvalue weighted by molar-refractivity contribution is 0.0932. The summed E-state index contributed by atoms with van der Waals surface area (Å²) in [4.78, 5) is 25.2. The average Bonchev–Trinajstić information content (AvgIpc) is 3.21. The van der Waals surface area contributed by atoms with Crippen molar-refractivity contribution in [3.8, 4) is 6.07 Å². The summed E-state index contributed by atoms with van der Waals surface area (Å²) in [6, 6.07) is 4.83. The second kappa shape index (κ2) is 6.38. The summed E-state index contributed by atoms with van der Waals surface area (Å²) in [5.74, 6) is 0.881. The Morgan fingerprint density at radius 1 is 1.30 bits per heavy atom. The van der Waals surface area contributed by atoms with Gasteiger partial charge < -0.3 is 14.9 Å². The number of rotatable bonds is 4. The minimum atomic E-state index is -0.0865. The number of carbonyl (C=O) groups is 1. The van der Waals surface area contributed by atoms with E-state index in [0.29, 0.717) is 24.2 Å². The smallest absolute Gasteiger partial charge is 0.287 e. The van der Waals surface area contributed by atoms with Crippen LogP contribution in [0.5, 0.6) is 0 Å². The molecule has 0 aromatic carbocycles. The highest BCUT2D eigenvalue weighted by Gasteiger charge is 2.31.